The van der Waals surface area contributed by atoms with Crippen LogP contribution in [0, 0.1) is 11.7 Å². The molecule has 0 spiro atoms. The van der Waals surface area contributed by atoms with Crippen molar-refractivity contribution >= 4 is 52.3 Å². The summed E-state index contributed by atoms with van der Waals surface area (Å²) in [6.07, 6.45) is 1.01. The van der Waals surface area contributed by atoms with E-state index in [1.165, 1.54) is 30.3 Å². The molecular weight excluding hydrogens is 414 g/mol. The normalized spacial score (nSPS) is 14.9. The highest BCUT2D eigenvalue weighted by Gasteiger charge is 2.28. The number of rotatable bonds is 3. The fourth-order valence-corrected chi connectivity index (χ4v) is 3.60. The van der Waals surface area contributed by atoms with Crippen LogP contribution >= 0.6 is 34.8 Å². The van der Waals surface area contributed by atoms with Gasteiger partial charge in [0.15, 0.2) is 0 Å². The topological polar surface area (TPSA) is 49.4 Å². The number of hydrogen-bond donors (Lipinski definition) is 1. The molecule has 0 radical (unpaired) electrons. The lowest BCUT2D eigenvalue weighted by Crippen LogP contribution is -2.41. The van der Waals surface area contributed by atoms with Gasteiger partial charge in [0, 0.05) is 24.6 Å². The van der Waals surface area contributed by atoms with Crippen LogP contribution in [0.15, 0.2) is 36.4 Å². The number of nitrogens with one attached hydrogen (secondary N) is 1. The Morgan fingerprint density at radius 1 is 1.00 bits per heavy atom. The third-order valence-corrected chi connectivity index (χ3v) is 5.53. The molecule has 4 nitrogen and oxygen atoms in total. The quantitative estimate of drug-likeness (QED) is 0.675. The molecule has 0 unspecified atom stereocenters. The van der Waals surface area contributed by atoms with Gasteiger partial charge in [0.2, 0.25) is 5.91 Å². The van der Waals surface area contributed by atoms with Crippen LogP contribution in [0.5, 0.6) is 0 Å². The second-order valence-electron chi connectivity index (χ2n) is 6.31. The summed E-state index contributed by atoms with van der Waals surface area (Å²) in [4.78, 5) is 26.6. The number of carbonyl (C=O) groups excluding carboxylic acids is 2. The summed E-state index contributed by atoms with van der Waals surface area (Å²) in [7, 11) is 0. The minimum atomic E-state index is -0.450. The molecule has 1 aliphatic heterocycles. The predicted molar refractivity (Wildman–Crippen MR) is 105 cm³/mol. The highest BCUT2D eigenvalue weighted by atomic mass is 35.5. The van der Waals surface area contributed by atoms with Crippen molar-refractivity contribution in [1.29, 1.82) is 0 Å². The summed E-state index contributed by atoms with van der Waals surface area (Å²) in [5.41, 5.74) is 0.704. The molecule has 1 fully saturated rings. The first kappa shape index (κ1) is 19.9. The highest BCUT2D eigenvalue weighted by molar-refractivity contribution is 6.44. The van der Waals surface area contributed by atoms with Crippen molar-refractivity contribution in [3.8, 4) is 0 Å². The van der Waals surface area contributed by atoms with E-state index >= 15 is 0 Å². The van der Waals surface area contributed by atoms with Gasteiger partial charge in [-0.1, -0.05) is 40.9 Å². The number of benzene rings is 2. The number of piperidine rings is 1. The molecule has 27 heavy (non-hydrogen) atoms. The zero-order valence-electron chi connectivity index (χ0n) is 14.1. The Balaban J connectivity index is 1.59. The average Bonchev–Trinajstić information content (AvgIpc) is 2.65. The molecule has 0 aliphatic carbocycles. The zero-order valence-corrected chi connectivity index (χ0v) is 16.4. The Morgan fingerprint density at radius 3 is 2.33 bits per heavy atom. The Bertz CT molecular complexity index is 883. The molecule has 0 saturated carbocycles. The molecule has 2 aromatic carbocycles. The van der Waals surface area contributed by atoms with E-state index in [9.17, 15) is 14.0 Å². The van der Waals surface area contributed by atoms with Gasteiger partial charge in [0.1, 0.15) is 5.82 Å². The maximum atomic E-state index is 13.3. The van der Waals surface area contributed by atoms with Crippen molar-refractivity contribution in [2.24, 2.45) is 5.92 Å². The van der Waals surface area contributed by atoms with Gasteiger partial charge in [-0.25, -0.2) is 4.39 Å². The first-order chi connectivity index (χ1) is 12.8. The monoisotopic (exact) mass is 428 g/mol. The van der Waals surface area contributed by atoms with Crippen LogP contribution < -0.4 is 5.32 Å². The van der Waals surface area contributed by atoms with Crippen LogP contribution in [0.3, 0.4) is 0 Å². The minimum absolute atomic E-state index is 0.187. The van der Waals surface area contributed by atoms with E-state index in [-0.39, 0.29) is 17.7 Å². The van der Waals surface area contributed by atoms with E-state index < -0.39 is 5.82 Å². The summed E-state index contributed by atoms with van der Waals surface area (Å²) in [5, 5.41) is 3.67. The third-order valence-electron chi connectivity index (χ3n) is 4.49. The van der Waals surface area contributed by atoms with E-state index in [0.29, 0.717) is 52.2 Å². The van der Waals surface area contributed by atoms with E-state index in [4.69, 9.17) is 34.8 Å². The SMILES string of the molecule is O=C(Nc1cc(Cl)c(Cl)cc1Cl)C1CCN(C(=O)c2cccc(F)c2)CC1. The van der Waals surface area contributed by atoms with Crippen LogP contribution in [0.25, 0.3) is 0 Å². The molecule has 1 heterocycles. The van der Waals surface area contributed by atoms with Gasteiger partial charge in [-0.2, -0.15) is 0 Å². The van der Waals surface area contributed by atoms with Crippen molar-refractivity contribution < 1.29 is 14.0 Å². The Hall–Kier alpha value is -1.82. The van der Waals surface area contributed by atoms with Crippen molar-refractivity contribution in [1.82, 2.24) is 4.90 Å². The van der Waals surface area contributed by atoms with Gasteiger partial charge in [-0.3, -0.25) is 9.59 Å². The van der Waals surface area contributed by atoms with Crippen LogP contribution in [0.1, 0.15) is 23.2 Å². The molecule has 0 atom stereocenters. The third kappa shape index (κ3) is 4.72. The van der Waals surface area contributed by atoms with Gasteiger partial charge < -0.3 is 10.2 Å². The lowest BCUT2D eigenvalue weighted by Gasteiger charge is -2.31. The molecule has 1 aliphatic rings. The summed E-state index contributed by atoms with van der Waals surface area (Å²) in [5.74, 6) is -1.13. The predicted octanol–water partition coefficient (Wildman–Crippen LogP) is 5.28. The average molecular weight is 430 g/mol. The summed E-state index contributed by atoms with van der Waals surface area (Å²) in [6, 6.07) is 8.57. The molecule has 2 amide bonds. The standard InChI is InChI=1S/C19H16Cl3FN2O2/c20-14-9-16(22)17(10-15(14)21)24-18(26)11-4-6-25(7-5-11)19(27)12-2-1-3-13(23)8-12/h1-3,8-11H,4-7H2,(H,24,26). The van der Waals surface area contributed by atoms with Crippen LogP contribution in [0.4, 0.5) is 10.1 Å². The highest BCUT2D eigenvalue weighted by Crippen LogP contribution is 2.33. The number of hydrogen-bond acceptors (Lipinski definition) is 2. The smallest absolute Gasteiger partial charge is 0.253 e. The number of halogens is 4. The zero-order chi connectivity index (χ0) is 19.6. The first-order valence-electron chi connectivity index (χ1n) is 8.35. The van der Waals surface area contributed by atoms with Crippen LogP contribution in [-0.4, -0.2) is 29.8 Å². The maximum absolute atomic E-state index is 13.3. The van der Waals surface area contributed by atoms with Crippen LogP contribution in [-0.2, 0) is 4.79 Å². The summed E-state index contributed by atoms with van der Waals surface area (Å²) < 4.78 is 13.3. The summed E-state index contributed by atoms with van der Waals surface area (Å²) >= 11 is 17.9. The maximum Gasteiger partial charge on any atom is 0.253 e. The molecule has 0 aromatic heterocycles. The molecule has 2 aromatic rings. The van der Waals surface area contributed by atoms with Crippen LogP contribution in [0.2, 0.25) is 15.1 Å². The second-order valence-corrected chi connectivity index (χ2v) is 7.53. The summed E-state index contributed by atoms with van der Waals surface area (Å²) in [6.45, 7) is 0.838. The van der Waals surface area contributed by atoms with Crippen molar-refractivity contribution in [2.75, 3.05) is 18.4 Å². The lowest BCUT2D eigenvalue weighted by molar-refractivity contribution is -0.121. The molecule has 1 N–H and O–H groups in total. The Kier molecular flexibility index (Phi) is 6.25. The molecule has 3 rings (SSSR count). The van der Waals surface area contributed by atoms with Crippen molar-refractivity contribution in [3.05, 3.63) is 62.8 Å². The Morgan fingerprint density at radius 2 is 1.67 bits per heavy atom. The number of amides is 2. The number of nitrogens with zero attached hydrogens (tertiary/aromatic N) is 1. The van der Waals surface area contributed by atoms with E-state index in [1.807, 2.05) is 0 Å². The fourth-order valence-electron chi connectivity index (χ4n) is 3.00. The molecule has 1 saturated heterocycles. The molecule has 8 heteroatoms. The van der Waals surface area contributed by atoms with E-state index in [0.717, 1.165) is 0 Å². The molecule has 142 valence electrons. The van der Waals surface area contributed by atoms with E-state index in [1.54, 1.807) is 11.0 Å². The number of likely N-dealkylation sites (tertiary alicyclic amines) is 1. The van der Waals surface area contributed by atoms with Crippen molar-refractivity contribution in [2.45, 2.75) is 12.8 Å². The number of anilines is 1. The lowest BCUT2D eigenvalue weighted by atomic mass is 9.95. The van der Waals surface area contributed by atoms with E-state index in [2.05, 4.69) is 5.32 Å². The minimum Gasteiger partial charge on any atom is -0.339 e. The fraction of sp³-hybridized carbons (Fsp3) is 0.263. The molecular formula is C19H16Cl3FN2O2. The largest absolute Gasteiger partial charge is 0.339 e. The van der Waals surface area contributed by atoms with Gasteiger partial charge in [0.05, 0.1) is 20.8 Å². The number of carbonyl (C=O) groups is 2. The van der Waals surface area contributed by atoms with Gasteiger partial charge in [-0.15, -0.1) is 0 Å². The van der Waals surface area contributed by atoms with Gasteiger partial charge in [-0.05, 0) is 43.2 Å². The van der Waals surface area contributed by atoms with Gasteiger partial charge in [0.25, 0.3) is 5.91 Å². The Labute approximate surface area is 171 Å². The van der Waals surface area contributed by atoms with Crippen molar-refractivity contribution in [3.63, 3.8) is 0 Å². The van der Waals surface area contributed by atoms with Gasteiger partial charge >= 0.3 is 0 Å². The first-order valence-corrected chi connectivity index (χ1v) is 9.49. The molecule has 0 bridgehead atoms. The second kappa shape index (κ2) is 8.46.